The molecule has 1 atom stereocenters. The Labute approximate surface area is 175 Å². The van der Waals surface area contributed by atoms with Gasteiger partial charge in [0, 0.05) is 45.0 Å². The first-order chi connectivity index (χ1) is 14.3. The second-order valence-electron chi connectivity index (χ2n) is 8.18. The third-order valence-electron chi connectivity index (χ3n) is 5.77. The van der Waals surface area contributed by atoms with E-state index in [4.69, 9.17) is 14.5 Å². The zero-order valence-corrected chi connectivity index (χ0v) is 18.3. The van der Waals surface area contributed by atoms with Crippen LogP contribution in [0.2, 0.25) is 0 Å². The maximum Gasteiger partial charge on any atom is 0.194 e. The van der Waals surface area contributed by atoms with E-state index >= 15 is 0 Å². The van der Waals surface area contributed by atoms with Gasteiger partial charge < -0.3 is 19.7 Å². The van der Waals surface area contributed by atoms with Gasteiger partial charge in [-0.15, -0.1) is 0 Å². The van der Waals surface area contributed by atoms with E-state index in [9.17, 15) is 0 Å². The minimum absolute atomic E-state index is 0.0539. The van der Waals surface area contributed by atoms with Crippen molar-refractivity contribution < 1.29 is 9.47 Å². The van der Waals surface area contributed by atoms with Gasteiger partial charge in [-0.3, -0.25) is 9.67 Å². The summed E-state index contributed by atoms with van der Waals surface area (Å²) in [5, 5.41) is 7.72. The number of aryl methyl sites for hydroxylation is 1. The predicted molar refractivity (Wildman–Crippen MR) is 116 cm³/mol. The molecule has 1 aromatic rings. The third-order valence-corrected chi connectivity index (χ3v) is 5.77. The Hall–Kier alpha value is -1.60. The molecule has 1 saturated carbocycles. The molecule has 1 aromatic heterocycles. The lowest BCUT2D eigenvalue weighted by atomic mass is 9.98. The van der Waals surface area contributed by atoms with Gasteiger partial charge in [0.1, 0.15) is 6.10 Å². The van der Waals surface area contributed by atoms with Crippen LogP contribution >= 0.6 is 0 Å². The van der Waals surface area contributed by atoms with Crippen LogP contribution in [0, 0.1) is 0 Å². The van der Waals surface area contributed by atoms with Crippen molar-refractivity contribution in [2.24, 2.45) is 12.0 Å². The van der Waals surface area contributed by atoms with Crippen LogP contribution in [0.15, 0.2) is 17.4 Å². The summed E-state index contributed by atoms with van der Waals surface area (Å²) in [5.41, 5.74) is 1.13. The Morgan fingerprint density at radius 3 is 2.90 bits per heavy atom. The summed E-state index contributed by atoms with van der Waals surface area (Å²) in [4.78, 5) is 7.19. The summed E-state index contributed by atoms with van der Waals surface area (Å²) in [6.45, 7) is 7.17. The van der Waals surface area contributed by atoms with Crippen molar-refractivity contribution >= 4 is 5.96 Å². The van der Waals surface area contributed by atoms with Crippen molar-refractivity contribution in [3.05, 3.63) is 18.0 Å². The molecule has 164 valence electrons. The molecular weight excluding hydrogens is 366 g/mol. The Bertz CT molecular complexity index is 612. The van der Waals surface area contributed by atoms with Crippen LogP contribution in [0.3, 0.4) is 0 Å². The van der Waals surface area contributed by atoms with Gasteiger partial charge in [-0.2, -0.15) is 5.10 Å². The number of guanidine groups is 1. The van der Waals surface area contributed by atoms with Crippen molar-refractivity contribution in [3.8, 4) is 0 Å². The SMILES string of the molecule is CCNC(=NCCCCCOC1CCCCC1)N1CCOC(c2cnn(C)c2)C1. The first-order valence-electron chi connectivity index (χ1n) is 11.5. The fraction of sp³-hybridized carbons (Fsp3) is 0.818. The van der Waals surface area contributed by atoms with E-state index in [1.54, 1.807) is 0 Å². The monoisotopic (exact) mass is 405 g/mol. The van der Waals surface area contributed by atoms with Gasteiger partial charge in [-0.05, 0) is 39.0 Å². The lowest BCUT2D eigenvalue weighted by Gasteiger charge is -2.34. The van der Waals surface area contributed by atoms with E-state index in [1.807, 2.05) is 24.1 Å². The number of hydrogen-bond acceptors (Lipinski definition) is 4. The highest BCUT2D eigenvalue weighted by Gasteiger charge is 2.25. The van der Waals surface area contributed by atoms with Gasteiger partial charge in [0.25, 0.3) is 0 Å². The minimum Gasteiger partial charge on any atom is -0.378 e. The molecule has 7 nitrogen and oxygen atoms in total. The van der Waals surface area contributed by atoms with Crippen LogP contribution in [0.25, 0.3) is 0 Å². The van der Waals surface area contributed by atoms with E-state index in [0.717, 1.165) is 57.2 Å². The largest absolute Gasteiger partial charge is 0.378 e. The van der Waals surface area contributed by atoms with Crippen LogP contribution in [-0.2, 0) is 16.5 Å². The molecule has 3 rings (SSSR count). The zero-order valence-electron chi connectivity index (χ0n) is 18.3. The number of nitrogens with zero attached hydrogens (tertiary/aromatic N) is 4. The molecule has 2 heterocycles. The maximum absolute atomic E-state index is 6.02. The molecule has 0 aromatic carbocycles. The smallest absolute Gasteiger partial charge is 0.194 e. The molecule has 0 spiro atoms. The van der Waals surface area contributed by atoms with E-state index in [2.05, 4.69) is 22.2 Å². The maximum atomic E-state index is 6.02. The van der Waals surface area contributed by atoms with E-state index < -0.39 is 0 Å². The first kappa shape index (κ1) is 22.1. The van der Waals surface area contributed by atoms with E-state index in [1.165, 1.54) is 38.5 Å². The average Bonchev–Trinajstić information content (AvgIpc) is 3.19. The molecule has 2 aliphatic rings. The summed E-state index contributed by atoms with van der Waals surface area (Å²) >= 11 is 0. The van der Waals surface area contributed by atoms with Crippen LogP contribution in [0.1, 0.15) is 70.0 Å². The third kappa shape index (κ3) is 7.30. The van der Waals surface area contributed by atoms with Crippen molar-refractivity contribution in [1.82, 2.24) is 20.0 Å². The van der Waals surface area contributed by atoms with Crippen molar-refractivity contribution in [2.75, 3.05) is 39.4 Å². The summed E-state index contributed by atoms with van der Waals surface area (Å²) < 4.78 is 13.8. The van der Waals surface area contributed by atoms with Gasteiger partial charge in [-0.1, -0.05) is 19.3 Å². The number of hydrogen-bond donors (Lipinski definition) is 1. The van der Waals surface area contributed by atoms with Crippen molar-refractivity contribution in [3.63, 3.8) is 0 Å². The average molecular weight is 406 g/mol. The Balaban J connectivity index is 1.38. The lowest BCUT2D eigenvalue weighted by molar-refractivity contribution is -0.00804. The highest BCUT2D eigenvalue weighted by Crippen LogP contribution is 2.22. The van der Waals surface area contributed by atoms with Gasteiger partial charge in [0.2, 0.25) is 0 Å². The predicted octanol–water partition coefficient (Wildman–Crippen LogP) is 3.28. The Morgan fingerprint density at radius 2 is 2.14 bits per heavy atom. The highest BCUT2D eigenvalue weighted by molar-refractivity contribution is 5.80. The highest BCUT2D eigenvalue weighted by atomic mass is 16.5. The van der Waals surface area contributed by atoms with Gasteiger partial charge >= 0.3 is 0 Å². The molecular formula is C22H39N5O2. The van der Waals surface area contributed by atoms with Gasteiger partial charge in [-0.25, -0.2) is 0 Å². The number of ether oxygens (including phenoxy) is 2. The summed E-state index contributed by atoms with van der Waals surface area (Å²) in [6.07, 6.45) is 14.5. The molecule has 1 aliphatic carbocycles. The second kappa shape index (κ2) is 12.2. The molecule has 7 heteroatoms. The second-order valence-corrected chi connectivity index (χ2v) is 8.18. The molecule has 29 heavy (non-hydrogen) atoms. The molecule has 2 fully saturated rings. The van der Waals surface area contributed by atoms with Gasteiger partial charge in [0.15, 0.2) is 5.96 Å². The van der Waals surface area contributed by atoms with Crippen molar-refractivity contribution in [2.45, 2.75) is 70.5 Å². The fourth-order valence-electron chi connectivity index (χ4n) is 4.13. The van der Waals surface area contributed by atoms with Crippen LogP contribution in [-0.4, -0.2) is 66.1 Å². The van der Waals surface area contributed by atoms with E-state index in [-0.39, 0.29) is 6.10 Å². The first-order valence-corrected chi connectivity index (χ1v) is 11.5. The molecule has 1 unspecified atom stereocenters. The molecule has 1 saturated heterocycles. The molecule has 0 amide bonds. The zero-order chi connectivity index (χ0) is 20.3. The quantitative estimate of drug-likeness (QED) is 0.388. The molecule has 0 bridgehead atoms. The summed E-state index contributed by atoms with van der Waals surface area (Å²) in [7, 11) is 1.94. The standard InChI is InChI=1S/C22H39N5O2/c1-3-23-22(24-12-8-5-9-14-28-20-10-6-4-7-11-20)27-13-15-29-21(18-27)19-16-25-26(2)17-19/h16-17,20-21H,3-15,18H2,1-2H3,(H,23,24). The molecule has 0 radical (unpaired) electrons. The molecule has 1 aliphatic heterocycles. The normalized spacial score (nSPS) is 21.5. The number of aliphatic imine (C=N–C) groups is 1. The van der Waals surface area contributed by atoms with Crippen LogP contribution < -0.4 is 5.32 Å². The van der Waals surface area contributed by atoms with Crippen LogP contribution in [0.4, 0.5) is 0 Å². The topological polar surface area (TPSA) is 63.9 Å². The minimum atomic E-state index is 0.0539. The Morgan fingerprint density at radius 1 is 1.28 bits per heavy atom. The summed E-state index contributed by atoms with van der Waals surface area (Å²) in [6, 6.07) is 0. The van der Waals surface area contributed by atoms with Crippen LogP contribution in [0.5, 0.6) is 0 Å². The molecule has 1 N–H and O–H groups in total. The lowest BCUT2D eigenvalue weighted by Crippen LogP contribution is -2.48. The number of morpholine rings is 1. The van der Waals surface area contributed by atoms with Crippen molar-refractivity contribution in [1.29, 1.82) is 0 Å². The van der Waals surface area contributed by atoms with Gasteiger partial charge in [0.05, 0.1) is 25.5 Å². The summed E-state index contributed by atoms with van der Waals surface area (Å²) in [5.74, 6) is 1.00. The number of unbranched alkanes of at least 4 members (excludes halogenated alkanes) is 2. The van der Waals surface area contributed by atoms with E-state index in [0.29, 0.717) is 12.7 Å². The fourth-order valence-corrected chi connectivity index (χ4v) is 4.13. The Kier molecular flexibility index (Phi) is 9.28. The number of rotatable bonds is 9. The number of aromatic nitrogens is 2. The number of nitrogens with one attached hydrogen (secondary N) is 1.